The molecule has 1 aromatic heterocycles. The Morgan fingerprint density at radius 1 is 1.47 bits per heavy atom. The number of nitrogens with zero attached hydrogens (tertiary/aromatic N) is 2. The van der Waals surface area contributed by atoms with Crippen LogP contribution in [0.3, 0.4) is 0 Å². The molecule has 0 aliphatic carbocycles. The van der Waals surface area contributed by atoms with Gasteiger partial charge in [0.15, 0.2) is 0 Å². The summed E-state index contributed by atoms with van der Waals surface area (Å²) in [7, 11) is 0. The normalized spacial score (nSPS) is 10.4. The van der Waals surface area contributed by atoms with Crippen molar-refractivity contribution in [2.45, 2.75) is 19.9 Å². The van der Waals surface area contributed by atoms with Crippen molar-refractivity contribution >= 4 is 5.97 Å². The van der Waals surface area contributed by atoms with E-state index in [2.05, 4.69) is 4.98 Å². The number of carbonyl (C=O) groups is 1. The number of hydrogen-bond donors (Lipinski definition) is 1. The minimum Gasteiger partial charge on any atom is -0.481 e. The zero-order valence-electron chi connectivity index (χ0n) is 9.63. The Bertz CT molecular complexity index is 518. The molecule has 0 bridgehead atoms. The first kappa shape index (κ1) is 11.4. The van der Waals surface area contributed by atoms with Gasteiger partial charge in [0.05, 0.1) is 12.7 Å². The average Bonchev–Trinajstić information content (AvgIpc) is 2.74. The fraction of sp³-hybridized carbons (Fsp3) is 0.231. The number of carboxylic acid groups (broad SMARTS) is 1. The molecule has 0 saturated heterocycles. The van der Waals surface area contributed by atoms with Gasteiger partial charge in [-0.05, 0) is 23.6 Å². The molecule has 0 radical (unpaired) electrons. The van der Waals surface area contributed by atoms with Crippen LogP contribution >= 0.6 is 0 Å². The van der Waals surface area contributed by atoms with Crippen molar-refractivity contribution in [1.82, 2.24) is 9.55 Å². The Labute approximate surface area is 99.5 Å². The summed E-state index contributed by atoms with van der Waals surface area (Å²) in [5.74, 6) is -0.796. The van der Waals surface area contributed by atoms with Gasteiger partial charge in [0, 0.05) is 18.9 Å². The van der Waals surface area contributed by atoms with Crippen LogP contribution in [0.2, 0.25) is 0 Å². The van der Waals surface area contributed by atoms with Crippen LogP contribution in [0.15, 0.2) is 36.9 Å². The Morgan fingerprint density at radius 2 is 2.29 bits per heavy atom. The number of imidazole rings is 1. The van der Waals surface area contributed by atoms with E-state index in [0.29, 0.717) is 0 Å². The van der Waals surface area contributed by atoms with Gasteiger partial charge in [0.1, 0.15) is 0 Å². The van der Waals surface area contributed by atoms with E-state index in [4.69, 9.17) is 5.11 Å². The lowest BCUT2D eigenvalue weighted by Gasteiger charge is -2.07. The first-order chi connectivity index (χ1) is 8.15. The number of aliphatic carboxylic acids is 1. The van der Waals surface area contributed by atoms with Crippen LogP contribution in [0.5, 0.6) is 0 Å². The lowest BCUT2D eigenvalue weighted by Crippen LogP contribution is -2.03. The number of benzene rings is 1. The molecule has 88 valence electrons. The van der Waals surface area contributed by atoms with Crippen LogP contribution in [-0.4, -0.2) is 20.6 Å². The highest BCUT2D eigenvalue weighted by Gasteiger charge is 2.05. The summed E-state index contributed by atoms with van der Waals surface area (Å²) in [4.78, 5) is 14.6. The minimum absolute atomic E-state index is 0.0805. The molecule has 0 atom stereocenters. The molecule has 0 amide bonds. The third kappa shape index (κ3) is 2.93. The van der Waals surface area contributed by atoms with Crippen molar-refractivity contribution in [3.8, 4) is 0 Å². The van der Waals surface area contributed by atoms with Crippen LogP contribution in [0.25, 0.3) is 0 Å². The maximum absolute atomic E-state index is 10.6. The van der Waals surface area contributed by atoms with Gasteiger partial charge in [-0.3, -0.25) is 4.79 Å². The summed E-state index contributed by atoms with van der Waals surface area (Å²) in [6.07, 6.45) is 5.49. The Balaban J connectivity index is 2.16. The quantitative estimate of drug-likeness (QED) is 0.872. The van der Waals surface area contributed by atoms with Gasteiger partial charge in [-0.15, -0.1) is 0 Å². The number of carboxylic acids is 1. The number of aromatic nitrogens is 2. The molecule has 0 fully saturated rings. The number of aryl methyl sites for hydroxylation is 1. The van der Waals surface area contributed by atoms with Crippen molar-refractivity contribution in [2.24, 2.45) is 0 Å². The van der Waals surface area contributed by atoms with E-state index in [-0.39, 0.29) is 6.42 Å². The highest BCUT2D eigenvalue weighted by atomic mass is 16.4. The summed E-state index contributed by atoms with van der Waals surface area (Å²) in [6, 6.07) is 5.87. The van der Waals surface area contributed by atoms with Gasteiger partial charge in [-0.25, -0.2) is 4.98 Å². The zero-order chi connectivity index (χ0) is 12.3. The smallest absolute Gasteiger partial charge is 0.307 e. The minimum atomic E-state index is -0.796. The predicted octanol–water partition coefficient (Wildman–Crippen LogP) is 1.87. The molecule has 2 rings (SSSR count). The predicted molar refractivity (Wildman–Crippen MR) is 63.8 cm³/mol. The highest BCUT2D eigenvalue weighted by Crippen LogP contribution is 2.13. The van der Waals surface area contributed by atoms with Gasteiger partial charge in [-0.2, -0.15) is 0 Å². The van der Waals surface area contributed by atoms with Crippen molar-refractivity contribution in [2.75, 3.05) is 0 Å². The second-order valence-corrected chi connectivity index (χ2v) is 4.07. The van der Waals surface area contributed by atoms with Gasteiger partial charge in [-0.1, -0.05) is 18.2 Å². The molecule has 0 spiro atoms. The molecule has 1 heterocycles. The van der Waals surface area contributed by atoms with E-state index < -0.39 is 5.97 Å². The first-order valence-electron chi connectivity index (χ1n) is 5.41. The summed E-state index contributed by atoms with van der Waals surface area (Å²) >= 11 is 0. The summed E-state index contributed by atoms with van der Waals surface area (Å²) in [5.41, 5.74) is 3.03. The lowest BCUT2D eigenvalue weighted by atomic mass is 10.0. The monoisotopic (exact) mass is 230 g/mol. The largest absolute Gasteiger partial charge is 0.481 e. The molecule has 4 nitrogen and oxygen atoms in total. The Morgan fingerprint density at radius 3 is 2.88 bits per heavy atom. The van der Waals surface area contributed by atoms with Crippen LogP contribution in [0.1, 0.15) is 16.7 Å². The molecule has 0 aliphatic heterocycles. The molecule has 1 aromatic carbocycles. The Hall–Kier alpha value is -2.10. The van der Waals surface area contributed by atoms with E-state index in [1.807, 2.05) is 35.9 Å². The molecular formula is C13H14N2O2. The molecule has 1 N–H and O–H groups in total. The van der Waals surface area contributed by atoms with Crippen LogP contribution in [0, 0.1) is 6.92 Å². The summed E-state index contributed by atoms with van der Waals surface area (Å²) in [5, 5.41) is 8.76. The number of hydrogen-bond acceptors (Lipinski definition) is 2. The SMILES string of the molecule is Cc1cc(Cn2ccnc2)ccc1CC(=O)O. The van der Waals surface area contributed by atoms with Gasteiger partial charge in [0.25, 0.3) is 0 Å². The van der Waals surface area contributed by atoms with E-state index in [1.54, 1.807) is 12.5 Å². The van der Waals surface area contributed by atoms with Crippen LogP contribution < -0.4 is 0 Å². The van der Waals surface area contributed by atoms with Gasteiger partial charge >= 0.3 is 5.97 Å². The lowest BCUT2D eigenvalue weighted by molar-refractivity contribution is -0.136. The van der Waals surface area contributed by atoms with Gasteiger partial charge < -0.3 is 9.67 Å². The second kappa shape index (κ2) is 4.82. The summed E-state index contributed by atoms with van der Waals surface area (Å²) in [6.45, 7) is 2.70. The van der Waals surface area contributed by atoms with E-state index >= 15 is 0 Å². The maximum Gasteiger partial charge on any atom is 0.307 e. The van der Waals surface area contributed by atoms with Crippen molar-refractivity contribution in [1.29, 1.82) is 0 Å². The highest BCUT2D eigenvalue weighted by molar-refractivity contribution is 5.70. The van der Waals surface area contributed by atoms with Crippen molar-refractivity contribution in [3.05, 3.63) is 53.6 Å². The maximum atomic E-state index is 10.6. The molecule has 4 heteroatoms. The molecule has 2 aromatic rings. The third-order valence-corrected chi connectivity index (χ3v) is 2.67. The zero-order valence-corrected chi connectivity index (χ0v) is 9.63. The second-order valence-electron chi connectivity index (χ2n) is 4.07. The number of rotatable bonds is 4. The fourth-order valence-corrected chi connectivity index (χ4v) is 1.81. The van der Waals surface area contributed by atoms with Crippen molar-refractivity contribution in [3.63, 3.8) is 0 Å². The molecule has 17 heavy (non-hydrogen) atoms. The molecule has 0 aliphatic rings. The third-order valence-electron chi connectivity index (χ3n) is 2.67. The molecule has 0 saturated carbocycles. The van der Waals surface area contributed by atoms with Crippen molar-refractivity contribution < 1.29 is 9.90 Å². The topological polar surface area (TPSA) is 55.1 Å². The van der Waals surface area contributed by atoms with Crippen LogP contribution in [0.4, 0.5) is 0 Å². The van der Waals surface area contributed by atoms with Crippen LogP contribution in [-0.2, 0) is 17.8 Å². The average molecular weight is 230 g/mol. The fourth-order valence-electron chi connectivity index (χ4n) is 1.81. The van der Waals surface area contributed by atoms with Gasteiger partial charge in [0.2, 0.25) is 0 Å². The molecular weight excluding hydrogens is 216 g/mol. The van der Waals surface area contributed by atoms with E-state index in [0.717, 1.165) is 23.2 Å². The van der Waals surface area contributed by atoms with E-state index in [1.165, 1.54) is 0 Å². The Kier molecular flexibility index (Phi) is 3.23. The van der Waals surface area contributed by atoms with E-state index in [9.17, 15) is 4.79 Å². The standard InChI is InChI=1S/C13H14N2O2/c1-10-6-11(8-15-5-4-14-9-15)2-3-12(10)7-13(16)17/h2-6,9H,7-8H2,1H3,(H,16,17). The summed E-state index contributed by atoms with van der Waals surface area (Å²) < 4.78 is 1.98. The molecule has 0 unspecified atom stereocenters. The first-order valence-corrected chi connectivity index (χ1v) is 5.41.